The third kappa shape index (κ3) is 5.67. The summed E-state index contributed by atoms with van der Waals surface area (Å²) in [6, 6.07) is 14.0. The van der Waals surface area contributed by atoms with E-state index >= 15 is 0 Å². The molecule has 3 aromatic rings. The van der Waals surface area contributed by atoms with Crippen molar-refractivity contribution in [2.45, 2.75) is 35.6 Å². The summed E-state index contributed by atoms with van der Waals surface area (Å²) in [5.41, 5.74) is 2.14. The molecule has 4 rings (SSSR count). The average molecular weight is 415 g/mol. The molecular formula is C20H22N4O2S2. The molecule has 1 atom stereocenters. The number of benzene rings is 1. The molecule has 1 fully saturated rings. The molecule has 0 bridgehead atoms. The van der Waals surface area contributed by atoms with Crippen molar-refractivity contribution in [3.8, 4) is 5.75 Å². The molecule has 1 N–H and O–H groups in total. The summed E-state index contributed by atoms with van der Waals surface area (Å²) < 4.78 is 12.4. The fraction of sp³-hybridized carbons (Fsp3) is 0.350. The molecule has 6 nitrogen and oxygen atoms in total. The third-order valence-electron chi connectivity index (χ3n) is 4.31. The predicted molar refractivity (Wildman–Crippen MR) is 112 cm³/mol. The number of anilines is 1. The SMILES string of the molecule is c1ccc(COc2ccc(CSc3nnc(NCC4CCCO4)s3)cc2)nc1. The van der Waals surface area contributed by atoms with E-state index in [4.69, 9.17) is 9.47 Å². The normalized spacial score (nSPS) is 16.2. The number of pyridine rings is 1. The summed E-state index contributed by atoms with van der Waals surface area (Å²) in [7, 11) is 0. The highest BCUT2D eigenvalue weighted by Crippen LogP contribution is 2.29. The Morgan fingerprint density at radius 2 is 2.11 bits per heavy atom. The Balaban J connectivity index is 1.21. The van der Waals surface area contributed by atoms with Gasteiger partial charge >= 0.3 is 0 Å². The maximum Gasteiger partial charge on any atom is 0.206 e. The van der Waals surface area contributed by atoms with Gasteiger partial charge in [-0.3, -0.25) is 4.98 Å². The Morgan fingerprint density at radius 1 is 1.18 bits per heavy atom. The first-order valence-electron chi connectivity index (χ1n) is 9.28. The second-order valence-corrected chi connectivity index (χ2v) is 8.63. The van der Waals surface area contributed by atoms with Gasteiger partial charge in [0.15, 0.2) is 4.34 Å². The molecular weight excluding hydrogens is 392 g/mol. The van der Waals surface area contributed by atoms with Crippen LogP contribution in [0.1, 0.15) is 24.1 Å². The minimum Gasteiger partial charge on any atom is -0.487 e. The number of thioether (sulfide) groups is 1. The van der Waals surface area contributed by atoms with Crippen molar-refractivity contribution < 1.29 is 9.47 Å². The van der Waals surface area contributed by atoms with E-state index < -0.39 is 0 Å². The molecule has 1 saturated heterocycles. The van der Waals surface area contributed by atoms with Crippen molar-refractivity contribution in [1.82, 2.24) is 15.2 Å². The van der Waals surface area contributed by atoms with Crippen LogP contribution < -0.4 is 10.1 Å². The standard InChI is InChI=1S/C20H22N4O2S2/c1-2-10-21-16(4-1)13-26-17-8-6-15(7-9-17)14-27-20-24-23-19(28-20)22-12-18-5-3-11-25-18/h1-2,4,6-10,18H,3,5,11-14H2,(H,22,23). The minimum atomic E-state index is 0.304. The second-order valence-electron chi connectivity index (χ2n) is 6.43. The quantitative estimate of drug-likeness (QED) is 0.521. The molecule has 8 heteroatoms. The third-order valence-corrected chi connectivity index (χ3v) is 6.40. The molecule has 1 aliphatic rings. The molecule has 146 valence electrons. The van der Waals surface area contributed by atoms with Gasteiger partial charge in [0.2, 0.25) is 5.13 Å². The van der Waals surface area contributed by atoms with Gasteiger partial charge in [0.1, 0.15) is 12.4 Å². The van der Waals surface area contributed by atoms with Gasteiger partial charge in [-0.1, -0.05) is 41.3 Å². The van der Waals surface area contributed by atoms with Crippen LogP contribution in [0.25, 0.3) is 0 Å². The van der Waals surface area contributed by atoms with E-state index in [2.05, 4.69) is 32.6 Å². The number of nitrogens with one attached hydrogen (secondary N) is 1. The zero-order valence-electron chi connectivity index (χ0n) is 15.4. The van der Waals surface area contributed by atoms with E-state index in [9.17, 15) is 0 Å². The molecule has 0 amide bonds. The summed E-state index contributed by atoms with van der Waals surface area (Å²) in [5.74, 6) is 1.69. The van der Waals surface area contributed by atoms with Crippen molar-refractivity contribution >= 4 is 28.2 Å². The largest absolute Gasteiger partial charge is 0.487 e. The van der Waals surface area contributed by atoms with Gasteiger partial charge in [0, 0.05) is 25.1 Å². The van der Waals surface area contributed by atoms with Crippen LogP contribution in [0, 0.1) is 0 Å². The number of nitrogens with zero attached hydrogens (tertiary/aromatic N) is 3. The lowest BCUT2D eigenvalue weighted by molar-refractivity contribution is 0.120. The van der Waals surface area contributed by atoms with Crippen LogP contribution in [0.15, 0.2) is 53.0 Å². The smallest absolute Gasteiger partial charge is 0.206 e. The molecule has 1 aromatic carbocycles. The van der Waals surface area contributed by atoms with Crippen LogP contribution in [0.5, 0.6) is 5.75 Å². The number of rotatable bonds is 9. The van der Waals surface area contributed by atoms with Crippen LogP contribution in [0.4, 0.5) is 5.13 Å². The zero-order valence-corrected chi connectivity index (χ0v) is 17.0. The molecule has 1 unspecified atom stereocenters. The van der Waals surface area contributed by atoms with Crippen molar-refractivity contribution in [2.75, 3.05) is 18.5 Å². The molecule has 28 heavy (non-hydrogen) atoms. The molecule has 0 saturated carbocycles. The molecule has 1 aliphatic heterocycles. The maximum absolute atomic E-state index is 5.77. The molecule has 0 spiro atoms. The van der Waals surface area contributed by atoms with Gasteiger partial charge < -0.3 is 14.8 Å². The minimum absolute atomic E-state index is 0.304. The Morgan fingerprint density at radius 3 is 2.89 bits per heavy atom. The fourth-order valence-corrected chi connectivity index (χ4v) is 4.53. The Hall–Kier alpha value is -2.16. The lowest BCUT2D eigenvalue weighted by Crippen LogP contribution is -2.18. The van der Waals surface area contributed by atoms with Gasteiger partial charge in [0.05, 0.1) is 11.8 Å². The molecule has 2 aromatic heterocycles. The number of aromatic nitrogens is 3. The van der Waals surface area contributed by atoms with Gasteiger partial charge in [-0.25, -0.2) is 0 Å². The van der Waals surface area contributed by atoms with E-state index in [1.165, 1.54) is 5.56 Å². The molecule has 0 aliphatic carbocycles. The average Bonchev–Trinajstić information content (AvgIpc) is 3.43. The van der Waals surface area contributed by atoms with Crippen LogP contribution >= 0.6 is 23.1 Å². The Labute approximate surface area is 172 Å². The maximum atomic E-state index is 5.77. The first-order valence-corrected chi connectivity index (χ1v) is 11.1. The summed E-state index contributed by atoms with van der Waals surface area (Å²) in [6.45, 7) is 2.15. The highest BCUT2D eigenvalue weighted by molar-refractivity contribution is 8.00. The van der Waals surface area contributed by atoms with Crippen molar-refractivity contribution in [3.05, 3.63) is 59.9 Å². The summed E-state index contributed by atoms with van der Waals surface area (Å²) in [6.07, 6.45) is 4.35. The first kappa shape index (κ1) is 19.2. The van der Waals surface area contributed by atoms with Crippen molar-refractivity contribution in [3.63, 3.8) is 0 Å². The molecule has 0 radical (unpaired) electrons. The Kier molecular flexibility index (Phi) is 6.75. The van der Waals surface area contributed by atoms with E-state index in [0.717, 1.165) is 52.7 Å². The van der Waals surface area contributed by atoms with Crippen LogP contribution in [0.2, 0.25) is 0 Å². The monoisotopic (exact) mass is 414 g/mol. The van der Waals surface area contributed by atoms with Gasteiger partial charge in [-0.2, -0.15) is 0 Å². The topological polar surface area (TPSA) is 69.2 Å². The second kappa shape index (κ2) is 9.86. The fourth-order valence-electron chi connectivity index (χ4n) is 2.81. The highest BCUT2D eigenvalue weighted by Gasteiger charge is 2.15. The van der Waals surface area contributed by atoms with E-state index in [-0.39, 0.29) is 0 Å². The van der Waals surface area contributed by atoms with Crippen LogP contribution in [-0.4, -0.2) is 34.4 Å². The summed E-state index contributed by atoms with van der Waals surface area (Å²) in [4.78, 5) is 4.26. The highest BCUT2D eigenvalue weighted by atomic mass is 32.2. The lowest BCUT2D eigenvalue weighted by Gasteiger charge is -2.08. The van der Waals surface area contributed by atoms with Crippen LogP contribution in [-0.2, 0) is 17.1 Å². The number of ether oxygens (including phenoxy) is 2. The van der Waals surface area contributed by atoms with Crippen LogP contribution in [0.3, 0.4) is 0 Å². The lowest BCUT2D eigenvalue weighted by atomic mass is 10.2. The van der Waals surface area contributed by atoms with E-state index in [0.29, 0.717) is 12.7 Å². The van der Waals surface area contributed by atoms with Crippen molar-refractivity contribution in [1.29, 1.82) is 0 Å². The first-order chi connectivity index (χ1) is 13.8. The van der Waals surface area contributed by atoms with E-state index in [1.807, 2.05) is 30.3 Å². The zero-order chi connectivity index (χ0) is 19.0. The summed E-state index contributed by atoms with van der Waals surface area (Å²) in [5, 5.41) is 12.6. The van der Waals surface area contributed by atoms with Gasteiger partial charge in [-0.05, 0) is 42.7 Å². The van der Waals surface area contributed by atoms with Crippen molar-refractivity contribution in [2.24, 2.45) is 0 Å². The van der Waals surface area contributed by atoms with Gasteiger partial charge in [0.25, 0.3) is 0 Å². The van der Waals surface area contributed by atoms with Gasteiger partial charge in [-0.15, -0.1) is 10.2 Å². The summed E-state index contributed by atoms with van der Waals surface area (Å²) >= 11 is 3.28. The number of hydrogen-bond acceptors (Lipinski definition) is 8. The van der Waals surface area contributed by atoms with E-state index in [1.54, 1.807) is 29.3 Å². The number of hydrogen-bond donors (Lipinski definition) is 1. The Bertz CT molecular complexity index is 852. The predicted octanol–water partition coefficient (Wildman–Crippen LogP) is 4.40. The molecule has 3 heterocycles.